The first-order valence-electron chi connectivity index (χ1n) is 7.95. The molecule has 0 unspecified atom stereocenters. The Hall–Kier alpha value is -2.87. The van der Waals surface area contributed by atoms with Crippen molar-refractivity contribution in [2.75, 3.05) is 25.1 Å². The molecule has 27 heavy (non-hydrogen) atoms. The molecule has 9 heteroatoms. The van der Waals surface area contributed by atoms with E-state index in [0.29, 0.717) is 31.1 Å². The standard InChI is InChI=1S/C18H14ClF2NO5/c19-12-6-10(7-15-17(12)26-5-1-4-25-15)18(24)27-9-16(23)22-11-2-3-13(20)14(21)8-11/h2-3,6-8H,1,4-5,9H2,(H,22,23). The highest BCUT2D eigenvalue weighted by Crippen LogP contribution is 2.38. The molecule has 0 bridgehead atoms. The summed E-state index contributed by atoms with van der Waals surface area (Å²) in [6, 6.07) is 5.64. The van der Waals surface area contributed by atoms with E-state index in [2.05, 4.69) is 5.32 Å². The van der Waals surface area contributed by atoms with Crippen LogP contribution in [0.25, 0.3) is 0 Å². The van der Waals surface area contributed by atoms with Crippen LogP contribution < -0.4 is 14.8 Å². The predicted octanol–water partition coefficient (Wildman–Crippen LogP) is 3.58. The molecular weight excluding hydrogens is 384 g/mol. The summed E-state index contributed by atoms with van der Waals surface area (Å²) in [6.07, 6.45) is 0.676. The van der Waals surface area contributed by atoms with Crippen LogP contribution in [0.1, 0.15) is 16.8 Å². The van der Waals surface area contributed by atoms with Crippen molar-refractivity contribution in [2.45, 2.75) is 6.42 Å². The molecule has 1 N–H and O–H groups in total. The highest BCUT2D eigenvalue weighted by molar-refractivity contribution is 6.32. The van der Waals surface area contributed by atoms with Crippen LogP contribution in [-0.2, 0) is 9.53 Å². The van der Waals surface area contributed by atoms with Gasteiger partial charge >= 0.3 is 5.97 Å². The number of fused-ring (bicyclic) bond motifs is 1. The second-order valence-corrected chi connectivity index (χ2v) is 6.00. The lowest BCUT2D eigenvalue weighted by Crippen LogP contribution is -2.21. The van der Waals surface area contributed by atoms with E-state index in [1.165, 1.54) is 18.2 Å². The second kappa shape index (κ2) is 8.22. The van der Waals surface area contributed by atoms with Crippen molar-refractivity contribution in [2.24, 2.45) is 0 Å². The molecular formula is C18H14ClF2NO5. The number of ether oxygens (including phenoxy) is 3. The van der Waals surface area contributed by atoms with Crippen molar-refractivity contribution in [1.82, 2.24) is 0 Å². The number of carbonyl (C=O) groups excluding carboxylic acids is 2. The number of halogens is 3. The van der Waals surface area contributed by atoms with Gasteiger partial charge in [-0.25, -0.2) is 13.6 Å². The van der Waals surface area contributed by atoms with Crippen LogP contribution >= 0.6 is 11.6 Å². The van der Waals surface area contributed by atoms with Gasteiger partial charge < -0.3 is 19.5 Å². The molecule has 1 aliphatic rings. The van der Waals surface area contributed by atoms with E-state index in [0.717, 1.165) is 12.1 Å². The van der Waals surface area contributed by atoms with Gasteiger partial charge in [-0.3, -0.25) is 4.79 Å². The minimum atomic E-state index is -1.10. The Morgan fingerprint density at radius 1 is 1.11 bits per heavy atom. The Morgan fingerprint density at radius 3 is 2.67 bits per heavy atom. The first-order chi connectivity index (χ1) is 12.9. The van der Waals surface area contributed by atoms with Gasteiger partial charge in [-0.15, -0.1) is 0 Å². The highest BCUT2D eigenvalue weighted by Gasteiger charge is 2.20. The number of anilines is 1. The normalized spacial score (nSPS) is 12.9. The SMILES string of the molecule is O=C(COC(=O)c1cc(Cl)c2c(c1)OCCCO2)Nc1ccc(F)c(F)c1. The maximum atomic E-state index is 13.1. The summed E-state index contributed by atoms with van der Waals surface area (Å²) in [5, 5.41) is 2.48. The third-order valence-electron chi connectivity index (χ3n) is 3.58. The van der Waals surface area contributed by atoms with Gasteiger partial charge in [-0.1, -0.05) is 11.6 Å². The zero-order chi connectivity index (χ0) is 19.4. The third kappa shape index (κ3) is 4.65. The van der Waals surface area contributed by atoms with Gasteiger partial charge in [0, 0.05) is 18.2 Å². The summed E-state index contributed by atoms with van der Waals surface area (Å²) in [7, 11) is 0. The number of nitrogens with one attached hydrogen (secondary N) is 1. The van der Waals surface area contributed by atoms with Crippen molar-refractivity contribution in [3.63, 3.8) is 0 Å². The van der Waals surface area contributed by atoms with E-state index in [4.69, 9.17) is 25.8 Å². The first kappa shape index (κ1) is 18.9. The fraction of sp³-hybridized carbons (Fsp3) is 0.222. The molecule has 1 amide bonds. The first-order valence-corrected chi connectivity index (χ1v) is 8.33. The van der Waals surface area contributed by atoms with E-state index in [1.807, 2.05) is 0 Å². The van der Waals surface area contributed by atoms with Gasteiger partial charge in [-0.05, 0) is 24.3 Å². The van der Waals surface area contributed by atoms with Gasteiger partial charge in [0.25, 0.3) is 5.91 Å². The lowest BCUT2D eigenvalue weighted by atomic mass is 10.2. The predicted molar refractivity (Wildman–Crippen MR) is 92.3 cm³/mol. The maximum Gasteiger partial charge on any atom is 0.338 e. The van der Waals surface area contributed by atoms with Crippen LogP contribution in [-0.4, -0.2) is 31.7 Å². The molecule has 0 fully saturated rings. The maximum absolute atomic E-state index is 13.1. The summed E-state index contributed by atoms with van der Waals surface area (Å²) < 4.78 is 41.9. The van der Waals surface area contributed by atoms with E-state index in [-0.39, 0.29) is 16.3 Å². The number of carbonyl (C=O) groups is 2. The van der Waals surface area contributed by atoms with Crippen molar-refractivity contribution in [3.8, 4) is 11.5 Å². The number of hydrogen-bond acceptors (Lipinski definition) is 5. The van der Waals surface area contributed by atoms with Crippen molar-refractivity contribution in [1.29, 1.82) is 0 Å². The van der Waals surface area contributed by atoms with Crippen LogP contribution in [0.4, 0.5) is 14.5 Å². The van der Waals surface area contributed by atoms with E-state index in [1.54, 1.807) is 0 Å². The van der Waals surface area contributed by atoms with Crippen molar-refractivity contribution >= 4 is 29.2 Å². The molecule has 142 valence electrons. The molecule has 6 nitrogen and oxygen atoms in total. The van der Waals surface area contributed by atoms with E-state index >= 15 is 0 Å². The summed E-state index contributed by atoms with van der Waals surface area (Å²) in [4.78, 5) is 24.0. The van der Waals surface area contributed by atoms with Gasteiger partial charge in [-0.2, -0.15) is 0 Å². The van der Waals surface area contributed by atoms with Gasteiger partial charge in [0.05, 0.1) is 23.8 Å². The average Bonchev–Trinajstić information content (AvgIpc) is 2.88. The second-order valence-electron chi connectivity index (χ2n) is 5.59. The molecule has 2 aromatic carbocycles. The van der Waals surface area contributed by atoms with Crippen LogP contribution in [0.2, 0.25) is 5.02 Å². The Morgan fingerprint density at radius 2 is 1.89 bits per heavy atom. The molecule has 0 aromatic heterocycles. The zero-order valence-electron chi connectivity index (χ0n) is 13.9. The topological polar surface area (TPSA) is 73.9 Å². The Kier molecular flexibility index (Phi) is 5.75. The summed E-state index contributed by atoms with van der Waals surface area (Å²) in [5.74, 6) is -2.99. The fourth-order valence-corrected chi connectivity index (χ4v) is 2.60. The monoisotopic (exact) mass is 397 g/mol. The van der Waals surface area contributed by atoms with Gasteiger partial charge in [0.15, 0.2) is 29.7 Å². The molecule has 1 heterocycles. The Labute approximate surface area is 158 Å². The lowest BCUT2D eigenvalue weighted by molar-refractivity contribution is -0.119. The molecule has 0 radical (unpaired) electrons. The van der Waals surface area contributed by atoms with Gasteiger partial charge in [0.1, 0.15) is 0 Å². The lowest BCUT2D eigenvalue weighted by Gasteiger charge is -2.11. The molecule has 0 atom stereocenters. The Balaban J connectivity index is 1.62. The van der Waals surface area contributed by atoms with Crippen molar-refractivity contribution in [3.05, 3.63) is 52.6 Å². The number of amides is 1. The highest BCUT2D eigenvalue weighted by atomic mass is 35.5. The number of rotatable bonds is 4. The fourth-order valence-electron chi connectivity index (χ4n) is 2.33. The molecule has 2 aromatic rings. The van der Waals surface area contributed by atoms with E-state index < -0.39 is 30.1 Å². The number of hydrogen-bond donors (Lipinski definition) is 1. The molecule has 0 aliphatic carbocycles. The minimum absolute atomic E-state index is 0.0357. The largest absolute Gasteiger partial charge is 0.489 e. The van der Waals surface area contributed by atoms with Crippen LogP contribution in [0.15, 0.2) is 30.3 Å². The number of benzene rings is 2. The van der Waals surface area contributed by atoms with Crippen LogP contribution in [0, 0.1) is 11.6 Å². The van der Waals surface area contributed by atoms with Crippen LogP contribution in [0.3, 0.4) is 0 Å². The van der Waals surface area contributed by atoms with Crippen molar-refractivity contribution < 1.29 is 32.6 Å². The Bertz CT molecular complexity index is 890. The van der Waals surface area contributed by atoms with E-state index in [9.17, 15) is 18.4 Å². The summed E-state index contributed by atoms with van der Waals surface area (Å²) in [5.41, 5.74) is 0.124. The molecule has 0 spiro atoms. The zero-order valence-corrected chi connectivity index (χ0v) is 14.6. The third-order valence-corrected chi connectivity index (χ3v) is 3.86. The van der Waals surface area contributed by atoms with Crippen LogP contribution in [0.5, 0.6) is 11.5 Å². The smallest absolute Gasteiger partial charge is 0.338 e. The quantitative estimate of drug-likeness (QED) is 0.798. The number of esters is 1. The molecule has 1 aliphatic heterocycles. The molecule has 3 rings (SSSR count). The average molecular weight is 398 g/mol. The summed E-state index contributed by atoms with van der Waals surface area (Å²) in [6.45, 7) is 0.239. The van der Waals surface area contributed by atoms with Gasteiger partial charge in [0.2, 0.25) is 0 Å². The molecule has 0 saturated heterocycles. The summed E-state index contributed by atoms with van der Waals surface area (Å²) >= 11 is 6.10. The minimum Gasteiger partial charge on any atom is -0.489 e. The molecule has 0 saturated carbocycles.